The molecule has 0 bridgehead atoms. The van der Waals surface area contributed by atoms with Crippen molar-refractivity contribution in [2.24, 2.45) is 0 Å². The molecule has 2 nitrogen and oxygen atoms in total. The van der Waals surface area contributed by atoms with Gasteiger partial charge in [-0.3, -0.25) is 0 Å². The first-order valence-electron chi connectivity index (χ1n) is 6.85. The molecule has 0 amide bonds. The van der Waals surface area contributed by atoms with Crippen molar-refractivity contribution in [1.82, 2.24) is 5.32 Å². The van der Waals surface area contributed by atoms with Gasteiger partial charge < -0.3 is 10.1 Å². The van der Waals surface area contributed by atoms with Crippen molar-refractivity contribution in [3.8, 4) is 5.75 Å². The normalized spacial score (nSPS) is 10.4. The van der Waals surface area contributed by atoms with Crippen LogP contribution in [0.5, 0.6) is 5.75 Å². The molecule has 2 aromatic carbocycles. The summed E-state index contributed by atoms with van der Waals surface area (Å²) in [5, 5.41) is 3.40. The van der Waals surface area contributed by atoms with E-state index in [1.807, 2.05) is 30.3 Å². The molecule has 0 unspecified atom stereocenters. The Morgan fingerprint density at radius 1 is 0.947 bits per heavy atom. The molecule has 0 radical (unpaired) electrons. The Hall–Kier alpha value is -1.80. The molecule has 1 N–H and O–H groups in total. The lowest BCUT2D eigenvalue weighted by Gasteiger charge is -2.08. The molecule has 100 valence electrons. The van der Waals surface area contributed by atoms with Gasteiger partial charge in [0.1, 0.15) is 12.4 Å². The third-order valence-electron chi connectivity index (χ3n) is 2.90. The average Bonchev–Trinajstić information content (AvgIpc) is 2.47. The summed E-state index contributed by atoms with van der Waals surface area (Å²) >= 11 is 0. The summed E-state index contributed by atoms with van der Waals surface area (Å²) in [5.74, 6) is 0.930. The summed E-state index contributed by atoms with van der Waals surface area (Å²) in [6.45, 7) is 4.74. The molecule has 0 heterocycles. The number of nitrogens with one attached hydrogen (secondary N) is 1. The maximum Gasteiger partial charge on any atom is 0.120 e. The van der Waals surface area contributed by atoms with Gasteiger partial charge >= 0.3 is 0 Å². The molecule has 0 aromatic heterocycles. The Morgan fingerprint density at radius 3 is 2.53 bits per heavy atom. The quantitative estimate of drug-likeness (QED) is 0.760. The Bertz CT molecular complexity index is 482. The van der Waals surface area contributed by atoms with Crippen LogP contribution in [0.1, 0.15) is 24.5 Å². The number of ether oxygens (including phenoxy) is 1. The topological polar surface area (TPSA) is 21.3 Å². The molecule has 0 spiro atoms. The summed E-state index contributed by atoms with van der Waals surface area (Å²) in [6.07, 6.45) is 1.16. The van der Waals surface area contributed by atoms with Gasteiger partial charge in [0.05, 0.1) is 0 Å². The van der Waals surface area contributed by atoms with Crippen LogP contribution >= 0.6 is 0 Å². The minimum absolute atomic E-state index is 0.618. The van der Waals surface area contributed by atoms with Gasteiger partial charge in [-0.25, -0.2) is 0 Å². The lowest BCUT2D eigenvalue weighted by atomic mass is 10.2. The minimum atomic E-state index is 0.618. The molecule has 2 heteroatoms. The zero-order valence-electron chi connectivity index (χ0n) is 11.4. The number of rotatable bonds is 7. The van der Waals surface area contributed by atoms with Crippen LogP contribution < -0.4 is 10.1 Å². The second-order valence-corrected chi connectivity index (χ2v) is 4.60. The van der Waals surface area contributed by atoms with E-state index in [1.165, 1.54) is 11.1 Å². The molecular formula is C17H21NO. The van der Waals surface area contributed by atoms with Crippen molar-refractivity contribution < 1.29 is 4.74 Å². The molecule has 2 aromatic rings. The van der Waals surface area contributed by atoms with E-state index in [4.69, 9.17) is 4.74 Å². The van der Waals surface area contributed by atoms with Crippen LogP contribution in [0.15, 0.2) is 54.6 Å². The summed E-state index contributed by atoms with van der Waals surface area (Å²) in [4.78, 5) is 0. The highest BCUT2D eigenvalue weighted by atomic mass is 16.5. The highest BCUT2D eigenvalue weighted by Gasteiger charge is 1.98. The number of hydrogen-bond donors (Lipinski definition) is 1. The first-order chi connectivity index (χ1) is 9.38. The molecule has 0 saturated heterocycles. The maximum absolute atomic E-state index is 5.81. The van der Waals surface area contributed by atoms with E-state index in [0.717, 1.165) is 25.3 Å². The zero-order valence-corrected chi connectivity index (χ0v) is 11.4. The largest absolute Gasteiger partial charge is 0.489 e. The van der Waals surface area contributed by atoms with Crippen molar-refractivity contribution in [2.45, 2.75) is 26.5 Å². The van der Waals surface area contributed by atoms with Crippen LogP contribution in [-0.4, -0.2) is 6.54 Å². The molecular weight excluding hydrogens is 234 g/mol. The van der Waals surface area contributed by atoms with Crippen LogP contribution in [0.2, 0.25) is 0 Å². The first-order valence-corrected chi connectivity index (χ1v) is 6.85. The average molecular weight is 255 g/mol. The molecule has 0 atom stereocenters. The lowest BCUT2D eigenvalue weighted by Crippen LogP contribution is -2.13. The molecule has 0 aliphatic heterocycles. The highest BCUT2D eigenvalue weighted by Crippen LogP contribution is 2.15. The van der Waals surface area contributed by atoms with Crippen molar-refractivity contribution in [3.05, 3.63) is 65.7 Å². The van der Waals surface area contributed by atoms with Crippen LogP contribution in [-0.2, 0) is 13.2 Å². The second-order valence-electron chi connectivity index (χ2n) is 4.60. The van der Waals surface area contributed by atoms with E-state index >= 15 is 0 Å². The van der Waals surface area contributed by atoms with Crippen molar-refractivity contribution >= 4 is 0 Å². The SMILES string of the molecule is CCCNCc1cccc(OCc2ccccc2)c1. The zero-order chi connectivity index (χ0) is 13.3. The third kappa shape index (κ3) is 4.76. The predicted molar refractivity (Wildman–Crippen MR) is 79.2 cm³/mol. The van der Waals surface area contributed by atoms with E-state index in [2.05, 4.69) is 36.5 Å². The van der Waals surface area contributed by atoms with Crippen LogP contribution in [0.4, 0.5) is 0 Å². The summed E-state index contributed by atoms with van der Waals surface area (Å²) in [5.41, 5.74) is 2.45. The van der Waals surface area contributed by atoms with Crippen molar-refractivity contribution in [3.63, 3.8) is 0 Å². The van der Waals surface area contributed by atoms with E-state index in [9.17, 15) is 0 Å². The Morgan fingerprint density at radius 2 is 1.74 bits per heavy atom. The second kappa shape index (κ2) is 7.59. The monoisotopic (exact) mass is 255 g/mol. The van der Waals surface area contributed by atoms with Crippen molar-refractivity contribution in [2.75, 3.05) is 6.54 Å². The van der Waals surface area contributed by atoms with Gasteiger partial charge in [0.15, 0.2) is 0 Å². The fourth-order valence-corrected chi connectivity index (χ4v) is 1.90. The fourth-order valence-electron chi connectivity index (χ4n) is 1.90. The molecule has 19 heavy (non-hydrogen) atoms. The van der Waals surface area contributed by atoms with E-state index in [1.54, 1.807) is 0 Å². The van der Waals surface area contributed by atoms with Crippen LogP contribution in [0.3, 0.4) is 0 Å². The molecule has 2 rings (SSSR count). The first kappa shape index (κ1) is 13.6. The van der Waals surface area contributed by atoms with Gasteiger partial charge in [0.25, 0.3) is 0 Å². The van der Waals surface area contributed by atoms with Crippen molar-refractivity contribution in [1.29, 1.82) is 0 Å². The smallest absolute Gasteiger partial charge is 0.120 e. The van der Waals surface area contributed by atoms with Gasteiger partial charge in [-0.2, -0.15) is 0 Å². The van der Waals surface area contributed by atoms with E-state index in [0.29, 0.717) is 6.61 Å². The van der Waals surface area contributed by atoms with E-state index < -0.39 is 0 Å². The van der Waals surface area contributed by atoms with Gasteiger partial charge in [0.2, 0.25) is 0 Å². The summed E-state index contributed by atoms with van der Waals surface area (Å²) in [7, 11) is 0. The highest BCUT2D eigenvalue weighted by molar-refractivity contribution is 5.29. The Kier molecular flexibility index (Phi) is 5.45. The third-order valence-corrected chi connectivity index (χ3v) is 2.90. The number of benzene rings is 2. The summed E-state index contributed by atoms with van der Waals surface area (Å²) < 4.78 is 5.81. The molecule has 0 saturated carbocycles. The Labute approximate surface area is 115 Å². The maximum atomic E-state index is 5.81. The lowest BCUT2D eigenvalue weighted by molar-refractivity contribution is 0.306. The van der Waals surface area contributed by atoms with Gasteiger partial charge in [-0.1, -0.05) is 49.4 Å². The molecule has 0 aliphatic carbocycles. The van der Waals surface area contributed by atoms with Crippen LogP contribution in [0, 0.1) is 0 Å². The predicted octanol–water partition coefficient (Wildman–Crippen LogP) is 3.77. The summed E-state index contributed by atoms with van der Waals surface area (Å²) in [6, 6.07) is 18.5. The van der Waals surface area contributed by atoms with Gasteiger partial charge in [-0.05, 0) is 36.2 Å². The van der Waals surface area contributed by atoms with Crippen LogP contribution in [0.25, 0.3) is 0 Å². The molecule has 0 aliphatic rings. The number of hydrogen-bond acceptors (Lipinski definition) is 2. The van der Waals surface area contributed by atoms with Gasteiger partial charge in [0, 0.05) is 6.54 Å². The fraction of sp³-hybridized carbons (Fsp3) is 0.294. The van der Waals surface area contributed by atoms with Gasteiger partial charge in [-0.15, -0.1) is 0 Å². The Balaban J connectivity index is 1.88. The minimum Gasteiger partial charge on any atom is -0.489 e. The van der Waals surface area contributed by atoms with E-state index in [-0.39, 0.29) is 0 Å². The molecule has 0 fully saturated rings. The standard InChI is InChI=1S/C17H21NO/c1-2-11-18-13-16-9-6-10-17(12-16)19-14-15-7-4-3-5-8-15/h3-10,12,18H,2,11,13-14H2,1H3.